The van der Waals surface area contributed by atoms with Gasteiger partial charge in [0.25, 0.3) is 0 Å². The van der Waals surface area contributed by atoms with Crippen LogP contribution < -0.4 is 18.9 Å². The van der Waals surface area contributed by atoms with Gasteiger partial charge in [0.05, 0.1) is 33.9 Å². The Morgan fingerprint density at radius 3 is 0.817 bits per heavy atom. The van der Waals surface area contributed by atoms with Crippen LogP contribution in [0.2, 0.25) is 0 Å². The lowest BCUT2D eigenvalue weighted by atomic mass is 9.68. The molecule has 0 saturated heterocycles. The first-order chi connectivity index (χ1) is 40.3. The first-order valence-corrected chi connectivity index (χ1v) is 27.8. The quantitative estimate of drug-likeness (QED) is 0.102. The Labute approximate surface area is 481 Å². The molecule has 1 spiro atoms. The highest BCUT2D eigenvalue weighted by molar-refractivity contribution is 5.99. The summed E-state index contributed by atoms with van der Waals surface area (Å²) >= 11 is 0. The van der Waals surface area contributed by atoms with Crippen LogP contribution in [0.1, 0.15) is 34.7 Å². The summed E-state index contributed by atoms with van der Waals surface area (Å²) in [5, 5.41) is 0. The second kappa shape index (κ2) is 21.5. The lowest BCUT2D eigenvalue weighted by Crippen LogP contribution is -2.27. The maximum Gasteiger partial charge on any atom is 0.118 e. The lowest BCUT2D eigenvalue weighted by Gasteiger charge is -2.33. The molecule has 0 aromatic heterocycles. The minimum atomic E-state index is -0.738. The summed E-state index contributed by atoms with van der Waals surface area (Å²) in [6.45, 7) is 6.82. The molecule has 0 heterocycles. The monoisotopic (exact) mass is 1060 g/mol. The summed E-state index contributed by atoms with van der Waals surface area (Å²) in [6, 6.07) is 90.2. The molecule has 0 saturated carbocycles. The third-order valence-electron chi connectivity index (χ3n) is 16.9. The zero-order valence-electron chi connectivity index (χ0n) is 46.7. The van der Waals surface area contributed by atoms with Crippen molar-refractivity contribution in [2.45, 2.75) is 12.3 Å². The van der Waals surface area contributed by atoms with Crippen molar-refractivity contribution in [2.24, 2.45) is 0 Å². The maximum absolute atomic E-state index is 5.48. The largest absolute Gasteiger partial charge is 0.497 e. The SMILES string of the molecule is C=C/C(=C\C1=C(C)c2ccc(-c3ccc(-c4ccc(OC)cc4)cc3)cc2C12c1cc(-c3ccc(-c4ccc(OC)cc4)cc3)ccc1-c1ccc(-c3ccc(-c4ccc(OC)cc4)cc3)cc12)c1ccc(-c2ccc(OC)cc2)cc1. The Balaban J connectivity index is 1.00. The number of hydrogen-bond acceptors (Lipinski definition) is 4. The molecule has 4 heteroatoms. The zero-order chi connectivity index (χ0) is 55.9. The van der Waals surface area contributed by atoms with Gasteiger partial charge in [-0.15, -0.1) is 0 Å². The number of hydrogen-bond donors (Lipinski definition) is 0. The molecule has 0 aliphatic heterocycles. The fourth-order valence-electron chi connectivity index (χ4n) is 12.4. The van der Waals surface area contributed by atoms with E-state index in [4.69, 9.17) is 18.9 Å². The van der Waals surface area contributed by atoms with Crippen molar-refractivity contribution in [3.63, 3.8) is 0 Å². The summed E-state index contributed by atoms with van der Waals surface area (Å²) in [4.78, 5) is 0. The van der Waals surface area contributed by atoms with Crippen molar-refractivity contribution < 1.29 is 18.9 Å². The van der Waals surface area contributed by atoms with E-state index in [1.165, 1.54) is 44.5 Å². The summed E-state index contributed by atoms with van der Waals surface area (Å²) in [5.41, 5.74) is 27.3. The van der Waals surface area contributed by atoms with E-state index in [0.717, 1.165) is 112 Å². The van der Waals surface area contributed by atoms with Crippen LogP contribution in [0, 0.1) is 0 Å². The van der Waals surface area contributed by atoms with Gasteiger partial charge in [-0.2, -0.15) is 0 Å². The smallest absolute Gasteiger partial charge is 0.118 e. The number of allylic oxidation sites excluding steroid dienone is 5. The Morgan fingerprint density at radius 2 is 0.537 bits per heavy atom. The summed E-state index contributed by atoms with van der Waals surface area (Å²) in [5.74, 6) is 3.36. The third kappa shape index (κ3) is 9.09. The Bertz CT molecular complexity index is 4100. The molecule has 4 nitrogen and oxygen atoms in total. The second-order valence-electron chi connectivity index (χ2n) is 21.1. The van der Waals surface area contributed by atoms with Gasteiger partial charge in [0, 0.05) is 0 Å². The Hall–Kier alpha value is -10.2. The van der Waals surface area contributed by atoms with E-state index in [0.29, 0.717) is 0 Å². The van der Waals surface area contributed by atoms with Gasteiger partial charge in [0.2, 0.25) is 0 Å². The van der Waals surface area contributed by atoms with Crippen LogP contribution in [-0.4, -0.2) is 28.4 Å². The van der Waals surface area contributed by atoms with E-state index in [-0.39, 0.29) is 0 Å². The maximum atomic E-state index is 5.48. The second-order valence-corrected chi connectivity index (χ2v) is 21.1. The van der Waals surface area contributed by atoms with Gasteiger partial charge >= 0.3 is 0 Å². The van der Waals surface area contributed by atoms with Gasteiger partial charge in [0.15, 0.2) is 0 Å². The predicted molar refractivity (Wildman–Crippen MR) is 340 cm³/mol. The Kier molecular flexibility index (Phi) is 13.4. The van der Waals surface area contributed by atoms with Crippen LogP contribution in [0.3, 0.4) is 0 Å². The zero-order valence-corrected chi connectivity index (χ0v) is 46.7. The molecule has 0 amide bonds. The molecule has 2 aliphatic rings. The molecule has 11 aromatic rings. The van der Waals surface area contributed by atoms with Crippen LogP contribution in [-0.2, 0) is 5.41 Å². The molecule has 2 aliphatic carbocycles. The van der Waals surface area contributed by atoms with Gasteiger partial charge < -0.3 is 18.9 Å². The molecule has 0 radical (unpaired) electrons. The fraction of sp³-hybridized carbons (Fsp3) is 0.0769. The number of fused-ring (bicyclic) bond motifs is 7. The first kappa shape index (κ1) is 51.3. The van der Waals surface area contributed by atoms with E-state index in [2.05, 4.69) is 220 Å². The highest BCUT2D eigenvalue weighted by Crippen LogP contribution is 2.64. The van der Waals surface area contributed by atoms with Crippen LogP contribution in [0.4, 0.5) is 0 Å². The highest BCUT2D eigenvalue weighted by atomic mass is 16.5. The molecule has 11 aromatic carbocycles. The molecular weight excluding hydrogens is 1000 g/mol. The summed E-state index contributed by atoms with van der Waals surface area (Å²) in [7, 11) is 6.81. The van der Waals surface area contributed by atoms with Crippen molar-refractivity contribution in [1.29, 1.82) is 0 Å². The van der Waals surface area contributed by atoms with Crippen LogP contribution in [0.5, 0.6) is 23.0 Å². The number of methoxy groups -OCH3 is 4. The van der Waals surface area contributed by atoms with Crippen molar-refractivity contribution in [3.05, 3.63) is 301 Å². The molecule has 0 unspecified atom stereocenters. The number of rotatable bonds is 14. The summed E-state index contributed by atoms with van der Waals surface area (Å²) in [6.07, 6.45) is 4.45. The van der Waals surface area contributed by atoms with Gasteiger partial charge in [-0.25, -0.2) is 0 Å². The lowest BCUT2D eigenvalue weighted by molar-refractivity contribution is 0.415. The minimum absolute atomic E-state index is 0.738. The van der Waals surface area contributed by atoms with Crippen LogP contribution in [0.25, 0.3) is 100 Å². The van der Waals surface area contributed by atoms with E-state index < -0.39 is 5.41 Å². The molecule has 0 bridgehead atoms. The topological polar surface area (TPSA) is 36.9 Å². The average molecular weight is 1060 g/mol. The number of ether oxygens (including phenoxy) is 4. The van der Waals surface area contributed by atoms with E-state index in [1.54, 1.807) is 28.4 Å². The molecule has 13 rings (SSSR count). The first-order valence-electron chi connectivity index (χ1n) is 27.8. The van der Waals surface area contributed by atoms with Crippen molar-refractivity contribution in [1.82, 2.24) is 0 Å². The van der Waals surface area contributed by atoms with Crippen molar-refractivity contribution in [3.8, 4) is 112 Å². The molecule has 0 N–H and O–H groups in total. The van der Waals surface area contributed by atoms with E-state index >= 15 is 0 Å². The summed E-state index contributed by atoms with van der Waals surface area (Å²) < 4.78 is 21.9. The standard InChI is InChI=1S/C78H60O4/c1-7-51(52-8-10-53(11-9-52)57-24-35-67(79-3)36-25-57)46-74-50(2)71-43-32-64(61-18-12-54(13-19-61)58-26-37-68(80-4)38-27-58)47-75(71)78(74)76-48-65(62-20-14-55(15-21-62)59-28-39-69(81-5)40-29-59)33-44-72(76)73-45-34-66(49-77(73)78)63-22-16-56(17-23-63)60-30-41-70(82-6)42-31-60/h7-49H,1H2,2-6H3/b51-46+. The van der Waals surface area contributed by atoms with E-state index in [9.17, 15) is 0 Å². The van der Waals surface area contributed by atoms with Crippen molar-refractivity contribution in [2.75, 3.05) is 28.4 Å². The molecule has 0 fully saturated rings. The molecule has 0 atom stereocenters. The van der Waals surface area contributed by atoms with Gasteiger partial charge in [-0.3, -0.25) is 0 Å². The van der Waals surface area contributed by atoms with Crippen LogP contribution >= 0.6 is 0 Å². The number of benzene rings is 11. The average Bonchev–Trinajstić information content (AvgIpc) is 1.70. The normalized spacial score (nSPS) is 12.9. The van der Waals surface area contributed by atoms with Crippen LogP contribution in [0.15, 0.2) is 273 Å². The Morgan fingerprint density at radius 1 is 0.305 bits per heavy atom. The third-order valence-corrected chi connectivity index (χ3v) is 16.9. The van der Waals surface area contributed by atoms with Crippen molar-refractivity contribution >= 4 is 11.1 Å². The molecule has 82 heavy (non-hydrogen) atoms. The predicted octanol–water partition coefficient (Wildman–Crippen LogP) is 19.8. The van der Waals surface area contributed by atoms with Gasteiger partial charge in [0.1, 0.15) is 23.0 Å². The van der Waals surface area contributed by atoms with Gasteiger partial charge in [-0.1, -0.05) is 195 Å². The minimum Gasteiger partial charge on any atom is -0.497 e. The molecular formula is C78H60O4. The van der Waals surface area contributed by atoms with E-state index in [1.807, 2.05) is 54.6 Å². The fourth-order valence-corrected chi connectivity index (χ4v) is 12.4. The molecule has 396 valence electrons. The highest BCUT2D eigenvalue weighted by Gasteiger charge is 2.52. The van der Waals surface area contributed by atoms with Gasteiger partial charge in [-0.05, 0) is 213 Å².